The number of aliphatic hydroxyl groups is 1. The monoisotopic (exact) mass is 184 g/mol. The second-order valence-electron chi connectivity index (χ2n) is 2.71. The molecular formula is C8H12N2O3. The van der Waals surface area contributed by atoms with Gasteiger partial charge in [0.25, 0.3) is 0 Å². The number of nitrogens with zero attached hydrogens (tertiary/aromatic N) is 2. The number of hydrogen-bond acceptors (Lipinski definition) is 3. The van der Waals surface area contributed by atoms with Crippen LogP contribution in [-0.2, 0) is 11.3 Å². The van der Waals surface area contributed by atoms with Gasteiger partial charge in [-0.3, -0.25) is 9.48 Å². The predicted molar refractivity (Wildman–Crippen MR) is 45.1 cm³/mol. The second-order valence-corrected chi connectivity index (χ2v) is 2.71. The highest BCUT2D eigenvalue weighted by atomic mass is 16.4. The fourth-order valence-electron chi connectivity index (χ4n) is 1.00. The third-order valence-electron chi connectivity index (χ3n) is 1.69. The molecule has 0 bridgehead atoms. The summed E-state index contributed by atoms with van der Waals surface area (Å²) in [5, 5.41) is 21.7. The van der Waals surface area contributed by atoms with E-state index in [1.54, 1.807) is 16.9 Å². The Morgan fingerprint density at radius 1 is 1.77 bits per heavy atom. The standard InChI is InChI=1S/C8H12N2O3/c1-2-10-4-3-6(9-10)7(11)5-8(12)13/h3-4,7,11H,2,5H2,1H3,(H,12,13). The molecule has 2 N–H and O–H groups in total. The number of carboxylic acid groups (broad SMARTS) is 1. The maximum Gasteiger partial charge on any atom is 0.306 e. The van der Waals surface area contributed by atoms with Crippen molar-refractivity contribution in [1.29, 1.82) is 0 Å². The van der Waals surface area contributed by atoms with E-state index < -0.39 is 12.1 Å². The Morgan fingerprint density at radius 2 is 2.46 bits per heavy atom. The van der Waals surface area contributed by atoms with E-state index in [1.165, 1.54) is 0 Å². The van der Waals surface area contributed by atoms with Crippen LogP contribution in [-0.4, -0.2) is 26.0 Å². The van der Waals surface area contributed by atoms with Gasteiger partial charge in [0.2, 0.25) is 0 Å². The van der Waals surface area contributed by atoms with Crippen molar-refractivity contribution < 1.29 is 15.0 Å². The van der Waals surface area contributed by atoms with Gasteiger partial charge in [-0.15, -0.1) is 0 Å². The van der Waals surface area contributed by atoms with E-state index in [-0.39, 0.29) is 6.42 Å². The Kier molecular flexibility index (Phi) is 3.02. The molecule has 0 spiro atoms. The molecule has 1 aromatic heterocycles. The number of aliphatic carboxylic acids is 1. The van der Waals surface area contributed by atoms with E-state index >= 15 is 0 Å². The van der Waals surface area contributed by atoms with Gasteiger partial charge < -0.3 is 10.2 Å². The molecule has 0 amide bonds. The minimum atomic E-state index is -1.03. The lowest BCUT2D eigenvalue weighted by molar-refractivity contribution is -0.139. The Labute approximate surface area is 75.6 Å². The van der Waals surface area contributed by atoms with E-state index in [1.807, 2.05) is 6.92 Å². The van der Waals surface area contributed by atoms with Crippen LogP contribution < -0.4 is 0 Å². The second kappa shape index (κ2) is 4.04. The first-order valence-electron chi connectivity index (χ1n) is 4.06. The highest BCUT2D eigenvalue weighted by molar-refractivity contribution is 5.67. The van der Waals surface area contributed by atoms with Crippen molar-refractivity contribution in [2.75, 3.05) is 0 Å². The molecule has 72 valence electrons. The smallest absolute Gasteiger partial charge is 0.306 e. The number of carboxylic acids is 1. The molecule has 13 heavy (non-hydrogen) atoms. The zero-order valence-electron chi connectivity index (χ0n) is 7.34. The van der Waals surface area contributed by atoms with Crippen molar-refractivity contribution in [3.8, 4) is 0 Å². The van der Waals surface area contributed by atoms with Gasteiger partial charge in [0, 0.05) is 12.7 Å². The van der Waals surface area contributed by atoms with E-state index in [2.05, 4.69) is 5.10 Å². The molecule has 1 rings (SSSR count). The maximum absolute atomic E-state index is 10.3. The zero-order chi connectivity index (χ0) is 9.84. The van der Waals surface area contributed by atoms with Gasteiger partial charge in [-0.05, 0) is 13.0 Å². The molecule has 1 heterocycles. The van der Waals surface area contributed by atoms with Gasteiger partial charge >= 0.3 is 5.97 Å². The minimum absolute atomic E-state index is 0.305. The lowest BCUT2D eigenvalue weighted by Gasteiger charge is -2.02. The summed E-state index contributed by atoms with van der Waals surface area (Å²) < 4.78 is 1.64. The number of carbonyl (C=O) groups is 1. The number of rotatable bonds is 4. The van der Waals surface area contributed by atoms with Gasteiger partial charge in [-0.2, -0.15) is 5.10 Å². The summed E-state index contributed by atoms with van der Waals surface area (Å²) in [6.07, 6.45) is 0.395. The predicted octanol–water partition coefficient (Wildman–Crippen LogP) is 0.411. The van der Waals surface area contributed by atoms with Gasteiger partial charge in [-0.1, -0.05) is 0 Å². The van der Waals surface area contributed by atoms with E-state index in [0.29, 0.717) is 12.2 Å². The van der Waals surface area contributed by atoms with Crippen molar-refractivity contribution in [2.24, 2.45) is 0 Å². The average Bonchev–Trinajstić information content (AvgIpc) is 2.50. The SMILES string of the molecule is CCn1ccc(C(O)CC(=O)O)n1. The fraction of sp³-hybridized carbons (Fsp3) is 0.500. The Bertz CT molecular complexity index is 295. The topological polar surface area (TPSA) is 75.4 Å². The molecule has 0 fully saturated rings. The first-order valence-corrected chi connectivity index (χ1v) is 4.06. The van der Waals surface area contributed by atoms with Crippen LogP contribution in [0, 0.1) is 0 Å². The summed E-state index contributed by atoms with van der Waals surface area (Å²) in [5.74, 6) is -1.03. The maximum atomic E-state index is 10.3. The summed E-state index contributed by atoms with van der Waals surface area (Å²) in [7, 11) is 0. The molecule has 0 aromatic carbocycles. The molecular weight excluding hydrogens is 172 g/mol. The average molecular weight is 184 g/mol. The summed E-state index contributed by atoms with van der Waals surface area (Å²) in [5.41, 5.74) is 0.407. The van der Waals surface area contributed by atoms with Crippen LogP contribution in [0.15, 0.2) is 12.3 Å². The molecule has 1 aromatic rings. The van der Waals surface area contributed by atoms with Crippen molar-refractivity contribution in [3.05, 3.63) is 18.0 Å². The molecule has 0 aliphatic carbocycles. The van der Waals surface area contributed by atoms with Gasteiger partial charge in [0.15, 0.2) is 0 Å². The minimum Gasteiger partial charge on any atom is -0.481 e. The quantitative estimate of drug-likeness (QED) is 0.710. The molecule has 5 heteroatoms. The van der Waals surface area contributed by atoms with Crippen LogP contribution in [0.3, 0.4) is 0 Å². The van der Waals surface area contributed by atoms with Crippen LogP contribution in [0.5, 0.6) is 0 Å². The summed E-state index contributed by atoms with van der Waals surface area (Å²) >= 11 is 0. The van der Waals surface area contributed by atoms with Crippen LogP contribution in [0.1, 0.15) is 25.1 Å². The lowest BCUT2D eigenvalue weighted by Crippen LogP contribution is -2.07. The third-order valence-corrected chi connectivity index (χ3v) is 1.69. The molecule has 0 aliphatic heterocycles. The number of aromatic nitrogens is 2. The Balaban J connectivity index is 2.65. The summed E-state index contributed by atoms with van der Waals surface area (Å²) in [6, 6.07) is 1.62. The van der Waals surface area contributed by atoms with Crippen molar-refractivity contribution in [2.45, 2.75) is 26.0 Å². The molecule has 5 nitrogen and oxygen atoms in total. The fourth-order valence-corrected chi connectivity index (χ4v) is 1.00. The van der Waals surface area contributed by atoms with E-state index in [9.17, 15) is 9.90 Å². The highest BCUT2D eigenvalue weighted by Crippen LogP contribution is 2.13. The van der Waals surface area contributed by atoms with Crippen molar-refractivity contribution in [1.82, 2.24) is 9.78 Å². The summed E-state index contributed by atoms with van der Waals surface area (Å²) in [6.45, 7) is 2.63. The number of aliphatic hydroxyl groups excluding tert-OH is 1. The molecule has 1 atom stereocenters. The largest absolute Gasteiger partial charge is 0.481 e. The Hall–Kier alpha value is -1.36. The van der Waals surface area contributed by atoms with E-state index in [0.717, 1.165) is 0 Å². The first kappa shape index (κ1) is 9.73. The first-order chi connectivity index (χ1) is 6.13. The molecule has 0 aliphatic rings. The van der Waals surface area contributed by atoms with Gasteiger partial charge in [0.1, 0.15) is 6.10 Å². The number of aryl methyl sites for hydroxylation is 1. The molecule has 0 saturated heterocycles. The number of hydrogen-bond donors (Lipinski definition) is 2. The van der Waals surface area contributed by atoms with Crippen molar-refractivity contribution in [3.63, 3.8) is 0 Å². The third kappa shape index (κ3) is 2.55. The zero-order valence-corrected chi connectivity index (χ0v) is 7.34. The van der Waals surface area contributed by atoms with Crippen LogP contribution in [0.2, 0.25) is 0 Å². The van der Waals surface area contributed by atoms with Crippen LogP contribution in [0.25, 0.3) is 0 Å². The normalized spacial score (nSPS) is 12.8. The summed E-state index contributed by atoms with van der Waals surface area (Å²) in [4.78, 5) is 10.3. The molecule has 0 radical (unpaired) electrons. The van der Waals surface area contributed by atoms with Crippen LogP contribution in [0.4, 0.5) is 0 Å². The van der Waals surface area contributed by atoms with Crippen molar-refractivity contribution >= 4 is 5.97 Å². The molecule has 1 unspecified atom stereocenters. The lowest BCUT2D eigenvalue weighted by atomic mass is 10.2. The highest BCUT2D eigenvalue weighted by Gasteiger charge is 2.14. The Morgan fingerprint density at radius 3 is 2.92 bits per heavy atom. The van der Waals surface area contributed by atoms with Crippen LogP contribution >= 0.6 is 0 Å². The van der Waals surface area contributed by atoms with Gasteiger partial charge in [0.05, 0.1) is 12.1 Å². The molecule has 0 saturated carbocycles. The van der Waals surface area contributed by atoms with E-state index in [4.69, 9.17) is 5.11 Å². The van der Waals surface area contributed by atoms with Gasteiger partial charge in [-0.25, -0.2) is 0 Å².